The van der Waals surface area contributed by atoms with E-state index >= 15 is 0 Å². The molecule has 1 radical (unpaired) electrons. The molecule has 0 saturated carbocycles. The second-order valence-corrected chi connectivity index (χ2v) is 3.31. The third-order valence-electron chi connectivity index (χ3n) is 2.17. The summed E-state index contributed by atoms with van der Waals surface area (Å²) < 4.78 is 4.97. The number of amides is 1. The lowest BCUT2D eigenvalue weighted by Gasteiger charge is -2.04. The van der Waals surface area contributed by atoms with Gasteiger partial charge < -0.3 is 10.1 Å². The van der Waals surface area contributed by atoms with Crippen LogP contribution in [0, 0.1) is 6.07 Å². The topological polar surface area (TPSA) is 51.2 Å². The molecule has 0 atom stereocenters. The fraction of sp³-hybridized carbons (Fsp3) is 0.0769. The Hall–Kier alpha value is -2.36. The second-order valence-electron chi connectivity index (χ2n) is 3.31. The Bertz CT molecular complexity index is 495. The fourth-order valence-corrected chi connectivity index (χ4v) is 1.30. The first-order chi connectivity index (χ1) is 8.29. The van der Waals surface area contributed by atoms with Gasteiger partial charge in [-0.05, 0) is 30.3 Å². The summed E-state index contributed by atoms with van der Waals surface area (Å²) in [4.78, 5) is 15.8. The molecule has 4 nitrogen and oxygen atoms in total. The van der Waals surface area contributed by atoms with Gasteiger partial charge in [-0.15, -0.1) is 0 Å². The highest BCUT2D eigenvalue weighted by atomic mass is 16.5. The number of hydrogen-bond donors (Lipinski definition) is 1. The third-order valence-corrected chi connectivity index (χ3v) is 2.17. The molecule has 1 amide bonds. The van der Waals surface area contributed by atoms with E-state index in [1.807, 2.05) is 6.07 Å². The van der Waals surface area contributed by atoms with E-state index in [0.29, 0.717) is 17.1 Å². The normalized spacial score (nSPS) is 9.71. The number of hydrogen-bond acceptors (Lipinski definition) is 3. The van der Waals surface area contributed by atoms with Gasteiger partial charge in [-0.1, -0.05) is 6.07 Å². The van der Waals surface area contributed by atoms with Crippen molar-refractivity contribution in [2.24, 2.45) is 0 Å². The summed E-state index contributed by atoms with van der Waals surface area (Å²) in [5.41, 5.74) is 0.511. The van der Waals surface area contributed by atoms with Crippen molar-refractivity contribution in [3.63, 3.8) is 0 Å². The summed E-state index contributed by atoms with van der Waals surface area (Å²) in [6, 6.07) is 13.1. The van der Waals surface area contributed by atoms with Gasteiger partial charge in [-0.3, -0.25) is 4.79 Å². The molecule has 17 heavy (non-hydrogen) atoms. The molecule has 2 aromatic rings. The summed E-state index contributed by atoms with van der Waals surface area (Å²) in [6.45, 7) is 0. The van der Waals surface area contributed by atoms with Crippen LogP contribution in [0.1, 0.15) is 10.4 Å². The van der Waals surface area contributed by atoms with E-state index in [2.05, 4.69) is 16.4 Å². The average Bonchev–Trinajstić information content (AvgIpc) is 2.40. The molecule has 2 rings (SSSR count). The Morgan fingerprint density at radius 1 is 1.35 bits per heavy atom. The molecule has 1 aromatic carbocycles. The minimum atomic E-state index is -0.220. The lowest BCUT2D eigenvalue weighted by molar-refractivity contribution is 0.102. The monoisotopic (exact) mass is 227 g/mol. The number of carbonyl (C=O) groups is 1. The molecule has 0 spiro atoms. The van der Waals surface area contributed by atoms with E-state index in [-0.39, 0.29) is 5.91 Å². The highest BCUT2D eigenvalue weighted by Crippen LogP contribution is 2.11. The molecule has 0 aliphatic rings. The summed E-state index contributed by atoms with van der Waals surface area (Å²) in [5.74, 6) is 0.898. The molecule has 0 unspecified atom stereocenters. The molecular formula is C13H11N2O2. The van der Waals surface area contributed by atoms with Crippen LogP contribution in [-0.4, -0.2) is 18.0 Å². The van der Waals surface area contributed by atoms with E-state index in [1.165, 1.54) is 0 Å². The number of methoxy groups -OCH3 is 1. The molecule has 85 valence electrons. The van der Waals surface area contributed by atoms with Crippen LogP contribution in [0.15, 0.2) is 42.6 Å². The molecule has 1 aromatic heterocycles. The second kappa shape index (κ2) is 5.12. The number of nitrogens with zero attached hydrogens (tertiary/aromatic N) is 1. The Labute approximate surface area is 99.3 Å². The summed E-state index contributed by atoms with van der Waals surface area (Å²) in [7, 11) is 1.56. The number of ether oxygens (including phenoxy) is 1. The smallest absolute Gasteiger partial charge is 0.256 e. The van der Waals surface area contributed by atoms with Crippen molar-refractivity contribution in [2.75, 3.05) is 12.4 Å². The third kappa shape index (κ3) is 2.81. The summed E-state index contributed by atoms with van der Waals surface area (Å²) in [5, 5.41) is 2.68. The first-order valence-corrected chi connectivity index (χ1v) is 5.08. The van der Waals surface area contributed by atoms with E-state index < -0.39 is 0 Å². The van der Waals surface area contributed by atoms with Crippen molar-refractivity contribution >= 4 is 11.7 Å². The predicted molar refractivity (Wildman–Crippen MR) is 64.0 cm³/mol. The van der Waals surface area contributed by atoms with Crippen LogP contribution in [0.3, 0.4) is 0 Å². The highest BCUT2D eigenvalue weighted by molar-refractivity contribution is 6.03. The maximum atomic E-state index is 11.8. The molecule has 0 aliphatic heterocycles. The van der Waals surface area contributed by atoms with E-state index in [9.17, 15) is 4.79 Å². The molecule has 0 bridgehead atoms. The molecule has 1 N–H and O–H groups in total. The lowest BCUT2D eigenvalue weighted by Crippen LogP contribution is -2.12. The quantitative estimate of drug-likeness (QED) is 0.874. The fourth-order valence-electron chi connectivity index (χ4n) is 1.30. The Morgan fingerprint density at radius 3 is 2.82 bits per heavy atom. The predicted octanol–water partition coefficient (Wildman–Crippen LogP) is 2.14. The van der Waals surface area contributed by atoms with Crippen LogP contribution in [0.4, 0.5) is 5.82 Å². The van der Waals surface area contributed by atoms with Gasteiger partial charge >= 0.3 is 0 Å². The zero-order valence-electron chi connectivity index (χ0n) is 9.31. The average molecular weight is 227 g/mol. The van der Waals surface area contributed by atoms with Gasteiger partial charge in [0, 0.05) is 17.8 Å². The Kier molecular flexibility index (Phi) is 3.35. The van der Waals surface area contributed by atoms with Gasteiger partial charge in [0.2, 0.25) is 0 Å². The summed E-state index contributed by atoms with van der Waals surface area (Å²) >= 11 is 0. The van der Waals surface area contributed by atoms with Crippen LogP contribution in [0.2, 0.25) is 0 Å². The van der Waals surface area contributed by atoms with E-state index in [0.717, 1.165) is 0 Å². The first-order valence-electron chi connectivity index (χ1n) is 5.08. The lowest BCUT2D eigenvalue weighted by atomic mass is 10.2. The van der Waals surface area contributed by atoms with Crippen molar-refractivity contribution in [1.82, 2.24) is 4.98 Å². The van der Waals surface area contributed by atoms with E-state index in [1.54, 1.807) is 43.6 Å². The molecule has 4 heteroatoms. The highest BCUT2D eigenvalue weighted by Gasteiger charge is 2.06. The number of rotatable bonds is 3. The molecule has 0 saturated heterocycles. The molecule has 0 fully saturated rings. The minimum absolute atomic E-state index is 0.220. The van der Waals surface area contributed by atoms with Crippen molar-refractivity contribution in [3.8, 4) is 5.75 Å². The maximum absolute atomic E-state index is 11.8. The minimum Gasteiger partial charge on any atom is -0.496 e. The van der Waals surface area contributed by atoms with Gasteiger partial charge in [-0.25, -0.2) is 4.98 Å². The van der Waals surface area contributed by atoms with Crippen molar-refractivity contribution < 1.29 is 9.53 Å². The number of anilines is 1. The van der Waals surface area contributed by atoms with Gasteiger partial charge in [0.05, 0.1) is 7.11 Å². The van der Waals surface area contributed by atoms with Crippen LogP contribution in [0.5, 0.6) is 5.75 Å². The van der Waals surface area contributed by atoms with Crippen LogP contribution < -0.4 is 10.1 Å². The number of aromatic nitrogens is 1. The van der Waals surface area contributed by atoms with Crippen molar-refractivity contribution in [1.29, 1.82) is 0 Å². The molecule has 0 aliphatic carbocycles. The SMILES string of the molecule is COc1[c]cc(C(=O)Nc2ccccn2)cc1. The van der Waals surface area contributed by atoms with Gasteiger partial charge in [0.1, 0.15) is 11.6 Å². The van der Waals surface area contributed by atoms with Crippen molar-refractivity contribution in [2.45, 2.75) is 0 Å². The number of carbonyl (C=O) groups excluding carboxylic acids is 1. The first kappa shape index (κ1) is 11.1. The van der Waals surface area contributed by atoms with Crippen LogP contribution in [-0.2, 0) is 0 Å². The zero-order valence-corrected chi connectivity index (χ0v) is 9.31. The number of pyridine rings is 1. The number of benzene rings is 1. The van der Waals surface area contributed by atoms with Crippen molar-refractivity contribution in [3.05, 3.63) is 54.2 Å². The van der Waals surface area contributed by atoms with Gasteiger partial charge in [0.25, 0.3) is 5.91 Å². The zero-order chi connectivity index (χ0) is 12.1. The van der Waals surface area contributed by atoms with Crippen LogP contribution >= 0.6 is 0 Å². The maximum Gasteiger partial charge on any atom is 0.256 e. The largest absolute Gasteiger partial charge is 0.496 e. The molecule has 1 heterocycles. The number of nitrogens with one attached hydrogen (secondary N) is 1. The van der Waals surface area contributed by atoms with Gasteiger partial charge in [-0.2, -0.15) is 0 Å². The van der Waals surface area contributed by atoms with Gasteiger partial charge in [0.15, 0.2) is 0 Å². The standard InChI is InChI=1S/C13H11N2O2/c1-17-11-7-5-10(6-8-11)13(16)15-12-4-2-3-9-14-12/h2-7,9H,1H3,(H,14,15,16). The van der Waals surface area contributed by atoms with E-state index in [4.69, 9.17) is 4.74 Å². The Balaban J connectivity index is 2.09. The summed E-state index contributed by atoms with van der Waals surface area (Å²) in [6.07, 6.45) is 1.62. The van der Waals surface area contributed by atoms with Crippen LogP contribution in [0.25, 0.3) is 0 Å². The molecular weight excluding hydrogens is 216 g/mol. The Morgan fingerprint density at radius 2 is 2.24 bits per heavy atom.